The average Bonchev–Trinajstić information content (AvgIpc) is 3.13. The van der Waals surface area contributed by atoms with Gasteiger partial charge in [0.1, 0.15) is 0 Å². The van der Waals surface area contributed by atoms with Crippen molar-refractivity contribution in [3.63, 3.8) is 0 Å². The van der Waals surface area contributed by atoms with Gasteiger partial charge in [0.15, 0.2) is 5.82 Å². The SMILES string of the molecule is CC(C)(C)n1nnnc1CN1C2CCC1CC(O)(c1cccnc1)C2. The summed E-state index contributed by atoms with van der Waals surface area (Å²) in [6.07, 6.45) is 7.27. The van der Waals surface area contributed by atoms with E-state index in [1.54, 1.807) is 12.4 Å². The van der Waals surface area contributed by atoms with Gasteiger partial charge in [-0.3, -0.25) is 9.88 Å². The Morgan fingerprint density at radius 1 is 1.24 bits per heavy atom. The quantitative estimate of drug-likeness (QED) is 0.917. The van der Waals surface area contributed by atoms with Crippen LogP contribution in [0.2, 0.25) is 0 Å². The molecule has 0 spiro atoms. The summed E-state index contributed by atoms with van der Waals surface area (Å²) < 4.78 is 1.91. The van der Waals surface area contributed by atoms with Gasteiger partial charge in [-0.25, -0.2) is 4.68 Å². The maximum absolute atomic E-state index is 11.2. The van der Waals surface area contributed by atoms with Crippen molar-refractivity contribution < 1.29 is 5.11 Å². The molecule has 2 saturated heterocycles. The van der Waals surface area contributed by atoms with E-state index in [1.165, 1.54) is 0 Å². The molecule has 2 aliphatic heterocycles. The van der Waals surface area contributed by atoms with Crippen LogP contribution in [0.1, 0.15) is 57.8 Å². The first-order valence-corrected chi connectivity index (χ1v) is 9.03. The highest BCUT2D eigenvalue weighted by Crippen LogP contribution is 2.46. The van der Waals surface area contributed by atoms with E-state index in [-0.39, 0.29) is 5.54 Å². The minimum atomic E-state index is -0.771. The zero-order valence-corrected chi connectivity index (χ0v) is 15.1. The van der Waals surface area contributed by atoms with Crippen LogP contribution in [0.25, 0.3) is 0 Å². The van der Waals surface area contributed by atoms with Gasteiger partial charge in [-0.1, -0.05) is 6.07 Å². The summed E-state index contributed by atoms with van der Waals surface area (Å²) in [7, 11) is 0. The smallest absolute Gasteiger partial charge is 0.165 e. The van der Waals surface area contributed by atoms with E-state index >= 15 is 0 Å². The maximum Gasteiger partial charge on any atom is 0.165 e. The highest BCUT2D eigenvalue weighted by molar-refractivity contribution is 5.21. The molecule has 0 amide bonds. The second-order valence-electron chi connectivity index (χ2n) is 8.42. The van der Waals surface area contributed by atoms with E-state index in [2.05, 4.69) is 46.2 Å². The van der Waals surface area contributed by atoms with E-state index in [1.807, 2.05) is 16.8 Å². The van der Waals surface area contributed by atoms with Gasteiger partial charge in [-0.15, -0.1) is 5.10 Å². The zero-order valence-electron chi connectivity index (χ0n) is 15.1. The highest BCUT2D eigenvalue weighted by Gasteiger charge is 2.48. The fourth-order valence-electron chi connectivity index (χ4n) is 4.44. The van der Waals surface area contributed by atoms with Crippen LogP contribution in [-0.4, -0.2) is 47.3 Å². The molecule has 4 heterocycles. The number of piperidine rings is 1. The molecular formula is C18H26N6O. The molecular weight excluding hydrogens is 316 g/mol. The summed E-state index contributed by atoms with van der Waals surface area (Å²) in [6.45, 7) is 7.07. The zero-order chi connectivity index (χ0) is 17.7. The third-order valence-corrected chi connectivity index (χ3v) is 5.61. The second kappa shape index (κ2) is 5.85. The van der Waals surface area contributed by atoms with E-state index < -0.39 is 5.60 Å². The Bertz CT molecular complexity index is 724. The van der Waals surface area contributed by atoms with Gasteiger partial charge < -0.3 is 5.11 Å². The van der Waals surface area contributed by atoms with Crippen molar-refractivity contribution in [1.29, 1.82) is 0 Å². The fourth-order valence-corrected chi connectivity index (χ4v) is 4.44. The first kappa shape index (κ1) is 16.6. The summed E-state index contributed by atoms with van der Waals surface area (Å²) in [4.78, 5) is 6.68. The van der Waals surface area contributed by atoms with Crippen LogP contribution < -0.4 is 0 Å². The lowest BCUT2D eigenvalue weighted by molar-refractivity contribution is -0.0608. The summed E-state index contributed by atoms with van der Waals surface area (Å²) in [6, 6.07) is 4.60. The molecule has 25 heavy (non-hydrogen) atoms. The number of aliphatic hydroxyl groups is 1. The molecule has 0 aromatic carbocycles. The third-order valence-electron chi connectivity index (χ3n) is 5.61. The number of hydrogen-bond donors (Lipinski definition) is 1. The molecule has 2 fully saturated rings. The van der Waals surface area contributed by atoms with Crippen LogP contribution in [0.3, 0.4) is 0 Å². The van der Waals surface area contributed by atoms with Crippen molar-refractivity contribution in [2.45, 2.75) is 76.2 Å². The Morgan fingerprint density at radius 3 is 2.56 bits per heavy atom. The largest absolute Gasteiger partial charge is 0.385 e. The highest BCUT2D eigenvalue weighted by atomic mass is 16.3. The molecule has 2 unspecified atom stereocenters. The molecule has 7 heteroatoms. The summed E-state index contributed by atoms with van der Waals surface area (Å²) in [5.74, 6) is 0.899. The molecule has 2 bridgehead atoms. The third kappa shape index (κ3) is 2.95. The van der Waals surface area contributed by atoms with Gasteiger partial charge in [0, 0.05) is 30.0 Å². The van der Waals surface area contributed by atoms with Crippen molar-refractivity contribution in [3.05, 3.63) is 35.9 Å². The fraction of sp³-hybridized carbons (Fsp3) is 0.667. The van der Waals surface area contributed by atoms with Crippen LogP contribution in [0.4, 0.5) is 0 Å². The van der Waals surface area contributed by atoms with Gasteiger partial charge in [0.05, 0.1) is 17.7 Å². The van der Waals surface area contributed by atoms with Crippen LogP contribution in [0.5, 0.6) is 0 Å². The molecule has 0 aliphatic carbocycles. The molecule has 2 aromatic rings. The van der Waals surface area contributed by atoms with Crippen LogP contribution >= 0.6 is 0 Å². The molecule has 2 atom stereocenters. The average molecular weight is 342 g/mol. The predicted molar refractivity (Wildman–Crippen MR) is 92.5 cm³/mol. The molecule has 7 nitrogen and oxygen atoms in total. The lowest BCUT2D eigenvalue weighted by atomic mass is 9.81. The lowest BCUT2D eigenvalue weighted by Crippen LogP contribution is -2.49. The Morgan fingerprint density at radius 2 is 1.96 bits per heavy atom. The van der Waals surface area contributed by atoms with Crippen molar-refractivity contribution in [3.8, 4) is 0 Å². The minimum Gasteiger partial charge on any atom is -0.385 e. The molecule has 2 aromatic heterocycles. The number of hydrogen-bond acceptors (Lipinski definition) is 6. The number of nitrogens with zero attached hydrogens (tertiary/aromatic N) is 6. The monoisotopic (exact) mass is 342 g/mol. The van der Waals surface area contributed by atoms with Crippen molar-refractivity contribution >= 4 is 0 Å². The standard InChI is InChI=1S/C18H26N6O/c1-17(2,3)24-16(20-21-22-24)12-23-14-6-7-15(23)10-18(25,9-14)13-5-4-8-19-11-13/h4-5,8,11,14-15,25H,6-7,9-10,12H2,1-3H3. The van der Waals surface area contributed by atoms with E-state index in [0.717, 1.165) is 43.6 Å². The predicted octanol–water partition coefficient (Wildman–Crippen LogP) is 1.84. The Hall–Kier alpha value is -1.86. The first-order chi connectivity index (χ1) is 11.9. The molecule has 4 rings (SSSR count). The molecule has 0 saturated carbocycles. The second-order valence-corrected chi connectivity index (χ2v) is 8.42. The number of rotatable bonds is 3. The Balaban J connectivity index is 1.55. The topological polar surface area (TPSA) is 80.0 Å². The summed E-state index contributed by atoms with van der Waals surface area (Å²) in [5.41, 5.74) is 0.0301. The normalized spacial score (nSPS) is 29.9. The summed E-state index contributed by atoms with van der Waals surface area (Å²) >= 11 is 0. The molecule has 134 valence electrons. The molecule has 1 N–H and O–H groups in total. The minimum absolute atomic E-state index is 0.135. The van der Waals surface area contributed by atoms with Crippen LogP contribution in [0, 0.1) is 0 Å². The van der Waals surface area contributed by atoms with Gasteiger partial charge >= 0.3 is 0 Å². The van der Waals surface area contributed by atoms with Gasteiger partial charge in [0.25, 0.3) is 0 Å². The molecule has 2 aliphatic rings. The maximum atomic E-state index is 11.2. The van der Waals surface area contributed by atoms with Gasteiger partial charge in [-0.2, -0.15) is 0 Å². The van der Waals surface area contributed by atoms with Crippen molar-refractivity contribution in [2.24, 2.45) is 0 Å². The van der Waals surface area contributed by atoms with E-state index in [9.17, 15) is 5.11 Å². The van der Waals surface area contributed by atoms with Gasteiger partial charge in [0.2, 0.25) is 0 Å². The van der Waals surface area contributed by atoms with E-state index in [4.69, 9.17) is 0 Å². The Kier molecular flexibility index (Phi) is 3.88. The molecule has 0 radical (unpaired) electrons. The van der Waals surface area contributed by atoms with E-state index in [0.29, 0.717) is 12.1 Å². The lowest BCUT2D eigenvalue weighted by Gasteiger charge is -2.43. The Labute approximate surface area is 148 Å². The van der Waals surface area contributed by atoms with Crippen molar-refractivity contribution in [2.75, 3.05) is 0 Å². The number of aromatic nitrogens is 5. The first-order valence-electron chi connectivity index (χ1n) is 9.03. The van der Waals surface area contributed by atoms with Crippen LogP contribution in [0.15, 0.2) is 24.5 Å². The number of fused-ring (bicyclic) bond motifs is 2. The number of tetrazole rings is 1. The van der Waals surface area contributed by atoms with Crippen molar-refractivity contribution in [1.82, 2.24) is 30.1 Å². The van der Waals surface area contributed by atoms with Crippen LogP contribution in [-0.2, 0) is 17.7 Å². The number of pyridine rings is 1. The van der Waals surface area contributed by atoms with Gasteiger partial charge in [-0.05, 0) is 62.9 Å². The summed E-state index contributed by atoms with van der Waals surface area (Å²) in [5, 5.41) is 23.5.